The first-order valence-electron chi connectivity index (χ1n) is 12.0. The molecule has 0 amide bonds. The van der Waals surface area contributed by atoms with Gasteiger partial charge in [0.1, 0.15) is 28.5 Å². The quantitative estimate of drug-likeness (QED) is 0.337. The van der Waals surface area contributed by atoms with Crippen LogP contribution < -0.4 is 10.6 Å². The van der Waals surface area contributed by atoms with Crippen LogP contribution in [0.3, 0.4) is 0 Å². The zero-order valence-corrected chi connectivity index (χ0v) is 19.9. The first-order valence-corrected chi connectivity index (χ1v) is 12.0. The van der Waals surface area contributed by atoms with E-state index in [1.54, 1.807) is 18.6 Å². The van der Waals surface area contributed by atoms with E-state index in [4.69, 9.17) is 15.7 Å². The molecule has 1 aliphatic rings. The van der Waals surface area contributed by atoms with Gasteiger partial charge in [-0.25, -0.2) is 14.4 Å². The van der Waals surface area contributed by atoms with Crippen molar-refractivity contribution < 1.29 is 4.39 Å². The third kappa shape index (κ3) is 3.69. The van der Waals surface area contributed by atoms with E-state index in [9.17, 15) is 4.39 Å². The zero-order chi connectivity index (χ0) is 25.1. The van der Waals surface area contributed by atoms with Crippen LogP contribution in [0.2, 0.25) is 0 Å². The lowest BCUT2D eigenvalue weighted by Crippen LogP contribution is -2.56. The Morgan fingerprint density at radius 1 is 0.973 bits per heavy atom. The second kappa shape index (κ2) is 8.17. The number of rotatable bonds is 4. The summed E-state index contributed by atoms with van der Waals surface area (Å²) in [6.45, 7) is 3.40. The number of pyridine rings is 2. The molecule has 6 heterocycles. The fraction of sp³-hybridized carbons (Fsp3) is 0.148. The van der Waals surface area contributed by atoms with Gasteiger partial charge >= 0.3 is 0 Å². The lowest BCUT2D eigenvalue weighted by molar-refractivity contribution is 0.514. The summed E-state index contributed by atoms with van der Waals surface area (Å²) in [5.74, 6) is 0.500. The van der Waals surface area contributed by atoms with Gasteiger partial charge in [0.2, 0.25) is 0 Å². The highest BCUT2D eigenvalue weighted by Crippen LogP contribution is 2.33. The van der Waals surface area contributed by atoms with Crippen LogP contribution >= 0.6 is 0 Å². The Balaban J connectivity index is 1.31. The van der Waals surface area contributed by atoms with Gasteiger partial charge in [-0.2, -0.15) is 5.10 Å². The minimum atomic E-state index is -0.288. The molecule has 0 bridgehead atoms. The van der Waals surface area contributed by atoms with Crippen molar-refractivity contribution in [2.75, 3.05) is 18.0 Å². The van der Waals surface area contributed by atoms with E-state index in [0.717, 1.165) is 52.1 Å². The number of aromatic nitrogens is 7. The number of benzene rings is 1. The van der Waals surface area contributed by atoms with Gasteiger partial charge in [-0.1, -0.05) is 0 Å². The van der Waals surface area contributed by atoms with Crippen LogP contribution in [0.5, 0.6) is 0 Å². The fourth-order valence-corrected chi connectivity index (χ4v) is 4.85. The summed E-state index contributed by atoms with van der Waals surface area (Å²) in [5, 5.41) is 8.49. The number of halogens is 1. The molecule has 4 N–H and O–H groups in total. The molecule has 1 aromatic carbocycles. The molecule has 5 aromatic heterocycles. The highest BCUT2D eigenvalue weighted by atomic mass is 19.1. The molecule has 1 fully saturated rings. The molecular weight excluding hydrogens is 469 g/mol. The number of nitrogens with one attached hydrogen (secondary N) is 2. The van der Waals surface area contributed by atoms with Crippen molar-refractivity contribution in [2.45, 2.75) is 13.0 Å². The van der Waals surface area contributed by atoms with Crippen LogP contribution in [0, 0.1) is 12.7 Å². The summed E-state index contributed by atoms with van der Waals surface area (Å²) in [7, 11) is 0. The van der Waals surface area contributed by atoms with Crippen molar-refractivity contribution in [1.82, 2.24) is 35.1 Å². The van der Waals surface area contributed by atoms with Crippen molar-refractivity contribution in [3.05, 3.63) is 72.4 Å². The molecule has 10 heteroatoms. The Bertz CT molecular complexity index is 1780. The summed E-state index contributed by atoms with van der Waals surface area (Å²) in [6, 6.07) is 12.8. The Labute approximate surface area is 210 Å². The van der Waals surface area contributed by atoms with Gasteiger partial charge in [-0.3, -0.25) is 15.1 Å². The van der Waals surface area contributed by atoms with Gasteiger partial charge in [0.25, 0.3) is 0 Å². The molecule has 37 heavy (non-hydrogen) atoms. The Kier molecular flexibility index (Phi) is 4.76. The van der Waals surface area contributed by atoms with E-state index in [0.29, 0.717) is 28.3 Å². The molecular formula is C27H22FN9. The molecule has 0 saturated carbocycles. The number of hydrogen-bond donors (Lipinski definition) is 3. The third-order valence-corrected chi connectivity index (χ3v) is 6.64. The number of fused-ring (bicyclic) bond motifs is 2. The molecule has 0 atom stereocenters. The lowest BCUT2D eigenvalue weighted by Gasteiger charge is -2.37. The molecule has 0 radical (unpaired) electrons. The molecule has 182 valence electrons. The third-order valence-electron chi connectivity index (χ3n) is 6.64. The summed E-state index contributed by atoms with van der Waals surface area (Å²) in [6.07, 6.45) is 5.17. The Morgan fingerprint density at radius 2 is 1.86 bits per heavy atom. The minimum Gasteiger partial charge on any atom is -0.353 e. The van der Waals surface area contributed by atoms with Gasteiger partial charge < -0.3 is 15.6 Å². The average molecular weight is 492 g/mol. The number of H-pyrrole nitrogens is 2. The second-order valence-corrected chi connectivity index (χ2v) is 9.41. The average Bonchev–Trinajstić information content (AvgIpc) is 3.49. The van der Waals surface area contributed by atoms with Gasteiger partial charge in [0, 0.05) is 41.8 Å². The van der Waals surface area contributed by atoms with Crippen molar-refractivity contribution in [1.29, 1.82) is 0 Å². The smallest absolute Gasteiger partial charge is 0.147 e. The largest absolute Gasteiger partial charge is 0.353 e. The summed E-state index contributed by atoms with van der Waals surface area (Å²) in [5.41, 5.74) is 13.4. The summed E-state index contributed by atoms with van der Waals surface area (Å²) >= 11 is 0. The minimum absolute atomic E-state index is 0.172. The van der Waals surface area contributed by atoms with Crippen LogP contribution in [-0.4, -0.2) is 54.2 Å². The van der Waals surface area contributed by atoms with Gasteiger partial charge in [-0.05, 0) is 55.0 Å². The van der Waals surface area contributed by atoms with Gasteiger partial charge in [0.05, 0.1) is 35.0 Å². The van der Waals surface area contributed by atoms with Crippen molar-refractivity contribution in [3.8, 4) is 34.0 Å². The highest BCUT2D eigenvalue weighted by molar-refractivity contribution is 5.99. The molecule has 0 unspecified atom stereocenters. The normalized spacial score (nSPS) is 14.0. The van der Waals surface area contributed by atoms with E-state index in [1.165, 1.54) is 12.1 Å². The second-order valence-electron chi connectivity index (χ2n) is 9.41. The summed E-state index contributed by atoms with van der Waals surface area (Å²) < 4.78 is 14.1. The maximum Gasteiger partial charge on any atom is 0.147 e. The predicted octanol–water partition coefficient (Wildman–Crippen LogP) is 4.22. The molecule has 1 saturated heterocycles. The fourth-order valence-electron chi connectivity index (χ4n) is 4.85. The maximum atomic E-state index is 14.1. The number of anilines is 1. The Morgan fingerprint density at radius 3 is 2.70 bits per heavy atom. The number of nitrogens with zero attached hydrogens (tertiary/aromatic N) is 6. The highest BCUT2D eigenvalue weighted by Gasteiger charge is 2.25. The first kappa shape index (κ1) is 21.6. The molecule has 9 nitrogen and oxygen atoms in total. The molecule has 6 aromatic rings. The maximum absolute atomic E-state index is 14.1. The molecule has 0 spiro atoms. The monoisotopic (exact) mass is 491 g/mol. The van der Waals surface area contributed by atoms with Crippen LogP contribution in [0.4, 0.5) is 10.2 Å². The SMILES string of the molecule is Cc1cc(F)cc(-c2nccc3[nH]c(-c4n[nH]c5ccc(-c6cncc(N7CC(N)C7)n6)nc45)cc23)c1. The van der Waals surface area contributed by atoms with E-state index >= 15 is 0 Å². The Hall–Kier alpha value is -4.70. The molecule has 1 aliphatic heterocycles. The van der Waals surface area contributed by atoms with Gasteiger partial charge in [-0.15, -0.1) is 0 Å². The number of hydrogen-bond acceptors (Lipinski definition) is 7. The van der Waals surface area contributed by atoms with Crippen LogP contribution in [0.1, 0.15) is 5.56 Å². The van der Waals surface area contributed by atoms with Crippen molar-refractivity contribution in [2.24, 2.45) is 5.73 Å². The van der Waals surface area contributed by atoms with Gasteiger partial charge in [0.15, 0.2) is 0 Å². The van der Waals surface area contributed by atoms with Crippen LogP contribution in [0.25, 0.3) is 56.0 Å². The number of nitrogens with two attached hydrogens (primary N) is 1. The van der Waals surface area contributed by atoms with Crippen molar-refractivity contribution >= 4 is 27.8 Å². The van der Waals surface area contributed by atoms with Crippen LogP contribution in [0.15, 0.2) is 61.1 Å². The first-order chi connectivity index (χ1) is 18.0. The number of aromatic amines is 2. The molecule has 0 aliphatic carbocycles. The van der Waals surface area contributed by atoms with E-state index in [1.807, 2.05) is 37.3 Å². The van der Waals surface area contributed by atoms with E-state index < -0.39 is 0 Å². The zero-order valence-electron chi connectivity index (χ0n) is 19.9. The van der Waals surface area contributed by atoms with E-state index in [-0.39, 0.29) is 11.9 Å². The van der Waals surface area contributed by atoms with Crippen molar-refractivity contribution in [3.63, 3.8) is 0 Å². The lowest BCUT2D eigenvalue weighted by atomic mass is 10.0. The van der Waals surface area contributed by atoms with E-state index in [2.05, 4.69) is 30.0 Å². The number of aryl methyl sites for hydroxylation is 1. The van der Waals surface area contributed by atoms with Crippen LogP contribution in [-0.2, 0) is 0 Å². The predicted molar refractivity (Wildman–Crippen MR) is 140 cm³/mol. The summed E-state index contributed by atoms with van der Waals surface area (Å²) in [4.78, 5) is 24.1. The molecule has 7 rings (SSSR count). The standard InChI is InChI=1S/C27H22FN9/c1-14-6-15(8-16(28)7-14)25-18-9-22(32-19(18)4-5-31-25)27-26-21(35-36-27)3-2-20(34-26)23-10-30-11-24(33-23)37-12-17(29)13-37/h2-11,17,32H,12-13,29H2,1H3,(H,35,36). The topological polar surface area (TPSA) is 125 Å².